The van der Waals surface area contributed by atoms with E-state index in [2.05, 4.69) is 10.2 Å². The highest BCUT2D eigenvalue weighted by Crippen LogP contribution is 2.50. The summed E-state index contributed by atoms with van der Waals surface area (Å²) in [6.07, 6.45) is -2.41. The molecule has 1 fully saturated rings. The van der Waals surface area contributed by atoms with Crippen molar-refractivity contribution < 1.29 is 27.5 Å². The first-order valence-corrected chi connectivity index (χ1v) is 14.0. The van der Waals surface area contributed by atoms with E-state index in [1.807, 2.05) is 35.2 Å². The van der Waals surface area contributed by atoms with Crippen molar-refractivity contribution in [2.45, 2.75) is 37.3 Å². The van der Waals surface area contributed by atoms with Gasteiger partial charge in [0.15, 0.2) is 0 Å². The third-order valence-corrected chi connectivity index (χ3v) is 7.95. The number of hydrogen-bond acceptors (Lipinski definition) is 4. The van der Waals surface area contributed by atoms with Crippen LogP contribution in [0.2, 0.25) is 0 Å². The van der Waals surface area contributed by atoms with Gasteiger partial charge in [-0.25, -0.2) is 0 Å². The maximum atomic E-state index is 13.7. The van der Waals surface area contributed by atoms with E-state index >= 15 is 0 Å². The fourth-order valence-electron chi connectivity index (χ4n) is 5.87. The minimum absolute atomic E-state index is 0.125. The van der Waals surface area contributed by atoms with E-state index in [9.17, 15) is 22.8 Å². The summed E-state index contributed by atoms with van der Waals surface area (Å²) in [6, 6.07) is 23.9. The van der Waals surface area contributed by atoms with Crippen LogP contribution < -0.4 is 10.1 Å². The van der Waals surface area contributed by atoms with Crippen LogP contribution in [0.4, 0.5) is 13.2 Å². The smallest absolute Gasteiger partial charge is 0.405 e. The fraction of sp³-hybridized carbons (Fsp3) is 0.375. The Hall–Kier alpha value is -3.85. The number of carbonyl (C=O) groups is 2. The number of para-hydroxylation sites is 2. The first-order valence-electron chi connectivity index (χ1n) is 14.0. The van der Waals surface area contributed by atoms with Gasteiger partial charge in [0, 0.05) is 37.3 Å². The predicted molar refractivity (Wildman–Crippen MR) is 150 cm³/mol. The van der Waals surface area contributed by atoms with Crippen molar-refractivity contribution in [1.82, 2.24) is 15.1 Å². The Morgan fingerprint density at radius 2 is 1.39 bits per heavy atom. The third kappa shape index (κ3) is 6.56. The van der Waals surface area contributed by atoms with E-state index in [1.165, 1.54) is 0 Å². The van der Waals surface area contributed by atoms with Crippen molar-refractivity contribution in [3.05, 3.63) is 95.6 Å². The van der Waals surface area contributed by atoms with Crippen molar-refractivity contribution in [2.24, 2.45) is 0 Å². The SMILES string of the molecule is O=C(Cc1ccccc1)N1CCN(CCCCC2(C(=O)NCC(F)(F)F)c3ccccc3Oc3ccccc32)CC1. The predicted octanol–water partition coefficient (Wildman–Crippen LogP) is 5.31. The number of amides is 2. The van der Waals surface area contributed by atoms with Crippen LogP contribution in [-0.4, -0.2) is 67.1 Å². The molecule has 2 aliphatic heterocycles. The van der Waals surface area contributed by atoms with Crippen molar-refractivity contribution >= 4 is 11.8 Å². The van der Waals surface area contributed by atoms with Gasteiger partial charge in [-0.15, -0.1) is 0 Å². The largest absolute Gasteiger partial charge is 0.457 e. The van der Waals surface area contributed by atoms with Crippen LogP contribution in [0.25, 0.3) is 0 Å². The van der Waals surface area contributed by atoms with E-state index in [0.717, 1.165) is 31.6 Å². The fourth-order valence-corrected chi connectivity index (χ4v) is 5.87. The summed E-state index contributed by atoms with van der Waals surface area (Å²) >= 11 is 0. The lowest BCUT2D eigenvalue weighted by molar-refractivity contribution is -0.141. The lowest BCUT2D eigenvalue weighted by atomic mass is 9.68. The molecule has 9 heteroatoms. The number of ether oxygens (including phenoxy) is 1. The van der Waals surface area contributed by atoms with Crippen LogP contribution in [0.1, 0.15) is 36.0 Å². The number of carbonyl (C=O) groups excluding carboxylic acids is 2. The molecule has 6 nitrogen and oxygen atoms in total. The van der Waals surface area contributed by atoms with E-state index < -0.39 is 24.0 Å². The Bertz CT molecular complexity index is 1310. The van der Waals surface area contributed by atoms with E-state index in [1.54, 1.807) is 48.5 Å². The Morgan fingerprint density at radius 1 is 0.805 bits per heavy atom. The Kier molecular flexibility index (Phi) is 8.63. The van der Waals surface area contributed by atoms with Crippen LogP contribution in [0.5, 0.6) is 11.5 Å². The number of fused-ring (bicyclic) bond motifs is 2. The molecule has 0 radical (unpaired) electrons. The second-order valence-corrected chi connectivity index (χ2v) is 10.6. The van der Waals surface area contributed by atoms with Crippen molar-refractivity contribution in [1.29, 1.82) is 0 Å². The normalized spacial score (nSPS) is 16.3. The molecule has 0 unspecified atom stereocenters. The van der Waals surface area contributed by atoms with Gasteiger partial charge in [-0.1, -0.05) is 73.2 Å². The second-order valence-electron chi connectivity index (χ2n) is 10.6. The number of benzene rings is 3. The highest BCUT2D eigenvalue weighted by Gasteiger charge is 2.48. The summed E-state index contributed by atoms with van der Waals surface area (Å²) in [5.41, 5.74) is 0.844. The van der Waals surface area contributed by atoms with Crippen LogP contribution >= 0.6 is 0 Å². The van der Waals surface area contributed by atoms with Gasteiger partial charge in [0.2, 0.25) is 11.8 Å². The Balaban J connectivity index is 1.24. The molecule has 3 aromatic rings. The van der Waals surface area contributed by atoms with Crippen molar-refractivity contribution in [3.63, 3.8) is 0 Å². The highest BCUT2D eigenvalue weighted by molar-refractivity contribution is 5.94. The molecule has 0 spiro atoms. The average molecular weight is 566 g/mol. The number of halogens is 3. The molecule has 41 heavy (non-hydrogen) atoms. The van der Waals surface area contributed by atoms with Gasteiger partial charge in [0.25, 0.3) is 0 Å². The molecular weight excluding hydrogens is 531 g/mol. The summed E-state index contributed by atoms with van der Waals surface area (Å²) in [4.78, 5) is 30.6. The molecule has 5 rings (SSSR count). The van der Waals surface area contributed by atoms with Crippen LogP contribution in [0, 0.1) is 0 Å². The van der Waals surface area contributed by atoms with Crippen LogP contribution in [0.15, 0.2) is 78.9 Å². The molecule has 2 aliphatic rings. The van der Waals surface area contributed by atoms with Gasteiger partial charge < -0.3 is 15.0 Å². The number of nitrogens with zero attached hydrogens (tertiary/aromatic N) is 2. The molecular formula is C32H34F3N3O3. The van der Waals surface area contributed by atoms with E-state index in [0.29, 0.717) is 55.0 Å². The maximum Gasteiger partial charge on any atom is 0.405 e. The molecule has 0 saturated carbocycles. The van der Waals surface area contributed by atoms with E-state index in [-0.39, 0.29) is 5.91 Å². The molecule has 0 atom stereocenters. The lowest BCUT2D eigenvalue weighted by Gasteiger charge is -2.39. The molecule has 2 heterocycles. The molecule has 216 valence electrons. The number of nitrogens with one attached hydrogen (secondary N) is 1. The first kappa shape index (κ1) is 28.7. The monoisotopic (exact) mass is 565 g/mol. The highest BCUT2D eigenvalue weighted by atomic mass is 19.4. The zero-order valence-electron chi connectivity index (χ0n) is 22.8. The van der Waals surface area contributed by atoms with Gasteiger partial charge in [-0.3, -0.25) is 14.5 Å². The quantitative estimate of drug-likeness (QED) is 0.357. The van der Waals surface area contributed by atoms with E-state index in [4.69, 9.17) is 4.74 Å². The molecule has 1 saturated heterocycles. The number of rotatable bonds is 9. The molecule has 0 bridgehead atoms. The average Bonchev–Trinajstić information content (AvgIpc) is 2.98. The standard InChI is InChI=1S/C32H34F3N3O3/c33-32(34,35)23-36-30(40)31(25-12-4-6-14-27(25)41-28-15-7-5-13-26(28)31)16-8-9-17-37-18-20-38(21-19-37)29(39)22-24-10-2-1-3-11-24/h1-7,10-15H,8-9,16-23H2,(H,36,40). The zero-order valence-corrected chi connectivity index (χ0v) is 22.8. The van der Waals surface area contributed by atoms with Crippen molar-refractivity contribution in [2.75, 3.05) is 39.3 Å². The third-order valence-electron chi connectivity index (χ3n) is 7.95. The molecule has 0 aliphatic carbocycles. The van der Waals surface area contributed by atoms with Gasteiger partial charge in [-0.05, 0) is 37.1 Å². The zero-order chi connectivity index (χ0) is 28.9. The number of hydrogen-bond donors (Lipinski definition) is 1. The topological polar surface area (TPSA) is 61.9 Å². The molecule has 3 aromatic carbocycles. The molecule has 1 N–H and O–H groups in total. The maximum absolute atomic E-state index is 13.7. The van der Waals surface area contributed by atoms with Gasteiger partial charge >= 0.3 is 6.18 Å². The van der Waals surface area contributed by atoms with Gasteiger partial charge in [0.1, 0.15) is 23.5 Å². The number of unbranched alkanes of at least 4 members (excludes halogenated alkanes) is 1. The van der Waals surface area contributed by atoms with Gasteiger partial charge in [0.05, 0.1) is 6.42 Å². The Morgan fingerprint density at radius 3 is 2.00 bits per heavy atom. The number of alkyl halides is 3. The van der Waals surface area contributed by atoms with Gasteiger partial charge in [-0.2, -0.15) is 13.2 Å². The summed E-state index contributed by atoms with van der Waals surface area (Å²) in [7, 11) is 0. The second kappa shape index (κ2) is 12.3. The summed E-state index contributed by atoms with van der Waals surface area (Å²) in [5, 5.41) is 2.17. The summed E-state index contributed by atoms with van der Waals surface area (Å²) in [6.45, 7) is 2.22. The molecule has 0 aromatic heterocycles. The number of piperazine rings is 1. The summed E-state index contributed by atoms with van der Waals surface area (Å²) < 4.78 is 45.4. The molecule has 2 amide bonds. The lowest BCUT2D eigenvalue weighted by Crippen LogP contribution is -2.50. The minimum atomic E-state index is -4.52. The summed E-state index contributed by atoms with van der Waals surface area (Å²) in [5.74, 6) is 0.400. The Labute approximate surface area is 238 Å². The van der Waals surface area contributed by atoms with Crippen LogP contribution in [-0.2, 0) is 21.4 Å². The first-order chi connectivity index (χ1) is 19.8. The van der Waals surface area contributed by atoms with Crippen LogP contribution in [0.3, 0.4) is 0 Å². The van der Waals surface area contributed by atoms with Crippen molar-refractivity contribution in [3.8, 4) is 11.5 Å². The minimum Gasteiger partial charge on any atom is -0.457 e.